The van der Waals surface area contributed by atoms with Gasteiger partial charge < -0.3 is 15.8 Å². The molecule has 1 fully saturated rings. The Labute approximate surface area is 149 Å². The molecule has 0 unspecified atom stereocenters. The third-order valence-corrected chi connectivity index (χ3v) is 5.92. The first-order chi connectivity index (χ1) is 11.9. The Bertz CT molecular complexity index is 685. The lowest BCUT2D eigenvalue weighted by atomic mass is 9.82. The molecule has 140 valence electrons. The highest BCUT2D eigenvalue weighted by Gasteiger charge is 2.34. The average molecular weight is 369 g/mol. The summed E-state index contributed by atoms with van der Waals surface area (Å²) in [5, 5.41) is 2.84. The Morgan fingerprint density at radius 1 is 1.28 bits per heavy atom. The molecule has 1 aliphatic carbocycles. The lowest BCUT2D eigenvalue weighted by Crippen LogP contribution is -2.54. The van der Waals surface area contributed by atoms with Crippen LogP contribution in [-0.2, 0) is 26.1 Å². The molecule has 1 aliphatic rings. The molecule has 1 amide bonds. The first kappa shape index (κ1) is 19.8. The van der Waals surface area contributed by atoms with Crippen LogP contribution in [0.1, 0.15) is 37.7 Å². The average Bonchev–Trinajstić information content (AvgIpc) is 2.60. The molecular weight excluding hydrogens is 342 g/mol. The minimum atomic E-state index is -3.59. The van der Waals surface area contributed by atoms with Gasteiger partial charge in [0.25, 0.3) is 0 Å². The van der Waals surface area contributed by atoms with E-state index in [2.05, 4.69) is 10.0 Å². The zero-order valence-electron chi connectivity index (χ0n) is 14.6. The molecule has 7 nitrogen and oxygen atoms in total. The number of sulfonamides is 1. The molecule has 0 atom stereocenters. The van der Waals surface area contributed by atoms with E-state index in [1.54, 1.807) is 18.2 Å². The van der Waals surface area contributed by atoms with Crippen molar-refractivity contribution in [3.63, 3.8) is 0 Å². The highest BCUT2D eigenvalue weighted by molar-refractivity contribution is 7.89. The van der Waals surface area contributed by atoms with Gasteiger partial charge in [-0.2, -0.15) is 0 Å². The second-order valence-electron chi connectivity index (χ2n) is 6.44. The van der Waals surface area contributed by atoms with Gasteiger partial charge in [-0.25, -0.2) is 13.1 Å². The Hall–Kier alpha value is -1.48. The van der Waals surface area contributed by atoms with Gasteiger partial charge in [0.2, 0.25) is 15.9 Å². The van der Waals surface area contributed by atoms with Crippen molar-refractivity contribution in [3.05, 3.63) is 29.8 Å². The summed E-state index contributed by atoms with van der Waals surface area (Å²) in [7, 11) is -2.09. The van der Waals surface area contributed by atoms with Gasteiger partial charge in [-0.1, -0.05) is 31.4 Å². The number of nitrogens with one attached hydrogen (secondary N) is 2. The Morgan fingerprint density at radius 3 is 2.68 bits per heavy atom. The molecule has 25 heavy (non-hydrogen) atoms. The van der Waals surface area contributed by atoms with E-state index in [9.17, 15) is 13.2 Å². The summed E-state index contributed by atoms with van der Waals surface area (Å²) in [6, 6.07) is 6.51. The predicted molar refractivity (Wildman–Crippen MR) is 95.4 cm³/mol. The zero-order chi connectivity index (χ0) is 18.3. The van der Waals surface area contributed by atoms with Crippen LogP contribution in [0.2, 0.25) is 0 Å². The van der Waals surface area contributed by atoms with Gasteiger partial charge in [-0.15, -0.1) is 0 Å². The van der Waals surface area contributed by atoms with E-state index in [0.717, 1.165) is 19.3 Å². The number of carbonyl (C=O) groups is 1. The van der Waals surface area contributed by atoms with Crippen molar-refractivity contribution in [1.29, 1.82) is 0 Å². The van der Waals surface area contributed by atoms with Crippen LogP contribution >= 0.6 is 0 Å². The zero-order valence-corrected chi connectivity index (χ0v) is 15.4. The Kier molecular flexibility index (Phi) is 6.95. The van der Waals surface area contributed by atoms with E-state index in [4.69, 9.17) is 10.5 Å². The Balaban J connectivity index is 1.98. The first-order valence-electron chi connectivity index (χ1n) is 8.52. The van der Waals surface area contributed by atoms with Gasteiger partial charge >= 0.3 is 0 Å². The molecule has 0 radical (unpaired) electrons. The summed E-state index contributed by atoms with van der Waals surface area (Å²) >= 11 is 0. The minimum absolute atomic E-state index is 0.162. The molecule has 0 spiro atoms. The minimum Gasteiger partial charge on any atom is -0.383 e. The smallest absolute Gasteiger partial charge is 0.240 e. The molecule has 0 saturated heterocycles. The maximum Gasteiger partial charge on any atom is 0.240 e. The number of rotatable bonds is 8. The first-order valence-corrected chi connectivity index (χ1v) is 10.0. The lowest BCUT2D eigenvalue weighted by Gasteiger charge is -2.31. The standard InChI is InChI=1S/C17H27N3O4S/c1-24-11-10-20-25(22,23)15-7-5-6-14(12-15)13-19-16(21)17(18)8-3-2-4-9-17/h5-7,12,20H,2-4,8-11,13,18H2,1H3,(H,19,21). The van der Waals surface area contributed by atoms with Crippen molar-refractivity contribution in [3.8, 4) is 0 Å². The summed E-state index contributed by atoms with van der Waals surface area (Å²) in [6.45, 7) is 0.752. The molecule has 8 heteroatoms. The van der Waals surface area contributed by atoms with Gasteiger partial charge in [-0.05, 0) is 30.5 Å². The molecule has 4 N–H and O–H groups in total. The normalized spacial score (nSPS) is 17.2. The number of methoxy groups -OCH3 is 1. The monoisotopic (exact) mass is 369 g/mol. The highest BCUT2D eigenvalue weighted by Crippen LogP contribution is 2.26. The molecule has 1 aromatic carbocycles. The third-order valence-electron chi connectivity index (χ3n) is 4.46. The van der Waals surface area contributed by atoms with Crippen LogP contribution in [0, 0.1) is 0 Å². The number of benzene rings is 1. The fourth-order valence-corrected chi connectivity index (χ4v) is 4.04. The van der Waals surface area contributed by atoms with Crippen molar-refractivity contribution in [2.75, 3.05) is 20.3 Å². The van der Waals surface area contributed by atoms with Gasteiger partial charge in [0.05, 0.1) is 17.0 Å². The molecule has 0 aromatic heterocycles. The van der Waals surface area contributed by atoms with Crippen LogP contribution in [0.4, 0.5) is 0 Å². The van der Waals surface area contributed by atoms with E-state index in [0.29, 0.717) is 25.0 Å². The summed E-state index contributed by atoms with van der Waals surface area (Å²) in [5.74, 6) is -0.168. The SMILES string of the molecule is COCCNS(=O)(=O)c1cccc(CNC(=O)C2(N)CCCCC2)c1. The molecule has 1 aromatic rings. The summed E-state index contributed by atoms with van der Waals surface area (Å²) < 4.78 is 31.8. The van der Waals surface area contributed by atoms with Gasteiger partial charge in [0, 0.05) is 20.2 Å². The van der Waals surface area contributed by atoms with Gasteiger partial charge in [0.1, 0.15) is 0 Å². The van der Waals surface area contributed by atoms with Crippen molar-refractivity contribution >= 4 is 15.9 Å². The number of amides is 1. The highest BCUT2D eigenvalue weighted by atomic mass is 32.2. The van der Waals surface area contributed by atoms with Gasteiger partial charge in [0.15, 0.2) is 0 Å². The number of carbonyl (C=O) groups excluding carboxylic acids is 1. The second kappa shape index (κ2) is 8.75. The van der Waals surface area contributed by atoms with Gasteiger partial charge in [-0.3, -0.25) is 4.79 Å². The predicted octanol–water partition coefficient (Wildman–Crippen LogP) is 0.889. The van der Waals surface area contributed by atoms with E-state index < -0.39 is 15.6 Å². The Morgan fingerprint density at radius 2 is 2.00 bits per heavy atom. The van der Waals surface area contributed by atoms with E-state index in [1.165, 1.54) is 13.2 Å². The largest absolute Gasteiger partial charge is 0.383 e. The molecule has 0 heterocycles. The number of nitrogens with two attached hydrogens (primary N) is 1. The van der Waals surface area contributed by atoms with Crippen LogP contribution in [0.3, 0.4) is 0 Å². The number of hydrogen-bond donors (Lipinski definition) is 3. The van der Waals surface area contributed by atoms with E-state index >= 15 is 0 Å². The maximum atomic E-state index is 12.4. The lowest BCUT2D eigenvalue weighted by molar-refractivity contribution is -0.127. The third kappa shape index (κ3) is 5.50. The maximum absolute atomic E-state index is 12.4. The van der Waals surface area contributed by atoms with E-state index in [-0.39, 0.29) is 23.9 Å². The van der Waals surface area contributed by atoms with Crippen molar-refractivity contribution < 1.29 is 17.9 Å². The quantitative estimate of drug-likeness (QED) is 0.590. The second-order valence-corrected chi connectivity index (χ2v) is 8.20. The molecule has 0 bridgehead atoms. The van der Waals surface area contributed by atoms with Crippen LogP contribution < -0.4 is 15.8 Å². The molecular formula is C17H27N3O4S. The molecule has 2 rings (SSSR count). The summed E-state index contributed by atoms with van der Waals surface area (Å²) in [6.07, 6.45) is 4.42. The number of hydrogen-bond acceptors (Lipinski definition) is 5. The molecule has 0 aliphatic heterocycles. The fourth-order valence-electron chi connectivity index (χ4n) is 2.95. The summed E-state index contributed by atoms with van der Waals surface area (Å²) in [5.41, 5.74) is 6.11. The van der Waals surface area contributed by atoms with Crippen LogP contribution in [0.5, 0.6) is 0 Å². The number of ether oxygens (including phenoxy) is 1. The van der Waals surface area contributed by atoms with Crippen LogP contribution in [-0.4, -0.2) is 40.1 Å². The summed E-state index contributed by atoms with van der Waals surface area (Å²) in [4.78, 5) is 12.5. The molecule has 1 saturated carbocycles. The van der Waals surface area contributed by atoms with Crippen molar-refractivity contribution in [2.45, 2.75) is 49.1 Å². The van der Waals surface area contributed by atoms with Crippen molar-refractivity contribution in [2.24, 2.45) is 5.73 Å². The van der Waals surface area contributed by atoms with Crippen LogP contribution in [0.15, 0.2) is 29.2 Å². The van der Waals surface area contributed by atoms with Crippen molar-refractivity contribution in [1.82, 2.24) is 10.0 Å². The topological polar surface area (TPSA) is 111 Å². The van der Waals surface area contributed by atoms with E-state index in [1.807, 2.05) is 0 Å². The fraction of sp³-hybridized carbons (Fsp3) is 0.588. The van der Waals surface area contributed by atoms with Crippen LogP contribution in [0.25, 0.3) is 0 Å².